The van der Waals surface area contributed by atoms with Gasteiger partial charge in [-0.05, 0) is 11.6 Å². The van der Waals surface area contributed by atoms with E-state index in [4.69, 9.17) is 5.73 Å². The Morgan fingerprint density at radius 3 is 2.85 bits per heavy atom. The minimum Gasteiger partial charge on any atom is -0.370 e. The first-order valence-electron chi connectivity index (χ1n) is 4.47. The van der Waals surface area contributed by atoms with Gasteiger partial charge in [0.05, 0.1) is 6.04 Å². The summed E-state index contributed by atoms with van der Waals surface area (Å²) in [6.45, 7) is 0.619. The van der Waals surface area contributed by atoms with Crippen LogP contribution in [0.25, 0.3) is 0 Å². The Balaban J connectivity index is 2.33. The molecule has 0 aromatic carbocycles. The van der Waals surface area contributed by atoms with Crippen molar-refractivity contribution in [3.8, 4) is 0 Å². The smallest absolute Gasteiger partial charge is 0.0752 e. The second-order valence-corrected chi connectivity index (χ2v) is 3.56. The van der Waals surface area contributed by atoms with E-state index in [1.54, 1.807) is 0 Å². The fourth-order valence-electron chi connectivity index (χ4n) is 1.86. The molecule has 0 aromatic heterocycles. The lowest BCUT2D eigenvalue weighted by atomic mass is 10.0. The number of fused-ring (bicyclic) bond motifs is 1. The summed E-state index contributed by atoms with van der Waals surface area (Å²) in [4.78, 5) is 4.26. The quantitative estimate of drug-likeness (QED) is 0.632. The Morgan fingerprint density at radius 1 is 1.38 bits per heavy atom. The molecule has 1 unspecified atom stereocenters. The molecule has 1 atom stereocenters. The molecule has 0 bridgehead atoms. The Hall–Kier alpha value is -1.22. The normalized spacial score (nSPS) is 25.9. The fraction of sp³-hybridized carbons (Fsp3) is 0.400. The predicted molar refractivity (Wildman–Crippen MR) is 53.7 cm³/mol. The zero-order valence-corrected chi connectivity index (χ0v) is 8.07. The van der Waals surface area contributed by atoms with Crippen molar-refractivity contribution in [3.05, 3.63) is 35.8 Å². The lowest BCUT2D eigenvalue weighted by Crippen LogP contribution is -2.26. The highest BCUT2D eigenvalue weighted by molar-refractivity contribution is 5.45. The standard InChI is InChI=1S/C10H15N3/c1-12-4-3-10-9(7-12)8(5-11)6-13(10)2/h3-4,6-7,10H,5,11H2,1-2H3. The largest absolute Gasteiger partial charge is 0.370 e. The SMILES string of the molecule is CN1C=CC2C(=C1)C(CN)=CN2C. The molecule has 0 amide bonds. The van der Waals surface area contributed by atoms with Gasteiger partial charge in [0.15, 0.2) is 0 Å². The van der Waals surface area contributed by atoms with E-state index < -0.39 is 0 Å². The van der Waals surface area contributed by atoms with Crippen LogP contribution in [0.3, 0.4) is 0 Å². The fourth-order valence-corrected chi connectivity index (χ4v) is 1.86. The predicted octanol–water partition coefficient (Wildman–Crippen LogP) is 0.486. The van der Waals surface area contributed by atoms with Crippen molar-refractivity contribution in [2.24, 2.45) is 5.73 Å². The van der Waals surface area contributed by atoms with E-state index >= 15 is 0 Å². The average Bonchev–Trinajstić information content (AvgIpc) is 2.42. The van der Waals surface area contributed by atoms with Crippen molar-refractivity contribution < 1.29 is 0 Å². The number of nitrogens with two attached hydrogens (primary N) is 1. The summed E-state index contributed by atoms with van der Waals surface area (Å²) in [7, 11) is 4.11. The van der Waals surface area contributed by atoms with Crippen molar-refractivity contribution in [1.82, 2.24) is 9.80 Å². The van der Waals surface area contributed by atoms with Gasteiger partial charge in [0, 0.05) is 44.8 Å². The number of hydrogen-bond acceptors (Lipinski definition) is 3. The second-order valence-electron chi connectivity index (χ2n) is 3.56. The maximum absolute atomic E-state index is 5.67. The van der Waals surface area contributed by atoms with Crippen LogP contribution in [0.1, 0.15) is 0 Å². The molecule has 3 heteroatoms. The Morgan fingerprint density at radius 2 is 2.15 bits per heavy atom. The summed E-state index contributed by atoms with van der Waals surface area (Å²) in [6, 6.07) is 0.398. The van der Waals surface area contributed by atoms with Crippen LogP contribution in [0.4, 0.5) is 0 Å². The highest BCUT2D eigenvalue weighted by atomic mass is 15.2. The van der Waals surface area contributed by atoms with Crippen molar-refractivity contribution >= 4 is 0 Å². The molecular weight excluding hydrogens is 162 g/mol. The van der Waals surface area contributed by atoms with Crippen LogP contribution in [0.5, 0.6) is 0 Å². The molecular formula is C10H15N3. The van der Waals surface area contributed by atoms with E-state index in [0.717, 1.165) is 0 Å². The lowest BCUT2D eigenvalue weighted by molar-refractivity contribution is 0.432. The van der Waals surface area contributed by atoms with E-state index in [9.17, 15) is 0 Å². The highest BCUT2D eigenvalue weighted by Gasteiger charge is 2.26. The lowest BCUT2D eigenvalue weighted by Gasteiger charge is -2.25. The van der Waals surface area contributed by atoms with Crippen LogP contribution >= 0.6 is 0 Å². The van der Waals surface area contributed by atoms with Crippen LogP contribution in [-0.4, -0.2) is 36.5 Å². The Labute approximate surface area is 78.8 Å². The summed E-state index contributed by atoms with van der Waals surface area (Å²) in [5.41, 5.74) is 8.24. The van der Waals surface area contributed by atoms with Crippen molar-refractivity contribution in [2.75, 3.05) is 20.6 Å². The maximum Gasteiger partial charge on any atom is 0.0752 e. The van der Waals surface area contributed by atoms with E-state index in [1.807, 2.05) is 7.05 Å². The van der Waals surface area contributed by atoms with Crippen LogP contribution in [0.15, 0.2) is 35.8 Å². The molecule has 2 aliphatic rings. The van der Waals surface area contributed by atoms with Crippen molar-refractivity contribution in [1.29, 1.82) is 0 Å². The molecule has 0 aromatic rings. The minimum absolute atomic E-state index is 0.398. The van der Waals surface area contributed by atoms with E-state index in [0.29, 0.717) is 12.6 Å². The molecule has 2 rings (SSSR count). The number of rotatable bonds is 1. The highest BCUT2D eigenvalue weighted by Crippen LogP contribution is 2.29. The van der Waals surface area contributed by atoms with Gasteiger partial charge >= 0.3 is 0 Å². The van der Waals surface area contributed by atoms with Gasteiger partial charge in [0.25, 0.3) is 0 Å². The topological polar surface area (TPSA) is 32.5 Å². The first-order chi connectivity index (χ1) is 6.22. The van der Waals surface area contributed by atoms with Crippen LogP contribution < -0.4 is 5.73 Å². The third-order valence-corrected chi connectivity index (χ3v) is 2.55. The summed E-state index contributed by atoms with van der Waals surface area (Å²) >= 11 is 0. The van der Waals surface area contributed by atoms with Crippen LogP contribution in [0.2, 0.25) is 0 Å². The van der Waals surface area contributed by atoms with E-state index in [2.05, 4.69) is 41.5 Å². The summed E-state index contributed by atoms with van der Waals surface area (Å²) in [5.74, 6) is 0. The summed E-state index contributed by atoms with van der Waals surface area (Å²) in [6.07, 6.45) is 8.54. The molecule has 70 valence electrons. The molecule has 2 aliphatic heterocycles. The Bertz CT molecular complexity index is 301. The van der Waals surface area contributed by atoms with E-state index in [-0.39, 0.29) is 0 Å². The number of likely N-dealkylation sites (N-methyl/N-ethyl adjacent to an activating group) is 1. The molecule has 13 heavy (non-hydrogen) atoms. The third kappa shape index (κ3) is 1.25. The van der Waals surface area contributed by atoms with Gasteiger partial charge in [-0.2, -0.15) is 0 Å². The minimum atomic E-state index is 0.398. The molecule has 0 radical (unpaired) electrons. The molecule has 0 saturated heterocycles. The second kappa shape index (κ2) is 2.92. The summed E-state index contributed by atoms with van der Waals surface area (Å²) in [5, 5.41) is 0. The first-order valence-corrected chi connectivity index (χ1v) is 4.47. The monoisotopic (exact) mass is 177 g/mol. The van der Waals surface area contributed by atoms with Gasteiger partial charge in [0.2, 0.25) is 0 Å². The molecule has 0 spiro atoms. The van der Waals surface area contributed by atoms with Gasteiger partial charge in [-0.15, -0.1) is 0 Å². The molecule has 0 aliphatic carbocycles. The van der Waals surface area contributed by atoms with Gasteiger partial charge < -0.3 is 15.5 Å². The Kier molecular flexibility index (Phi) is 1.88. The van der Waals surface area contributed by atoms with Crippen molar-refractivity contribution in [3.63, 3.8) is 0 Å². The first kappa shape index (κ1) is 8.38. The zero-order chi connectivity index (χ0) is 9.42. The molecule has 2 N–H and O–H groups in total. The third-order valence-electron chi connectivity index (χ3n) is 2.55. The number of hydrogen-bond donors (Lipinski definition) is 1. The molecule has 0 fully saturated rings. The van der Waals surface area contributed by atoms with E-state index in [1.165, 1.54) is 11.1 Å². The van der Waals surface area contributed by atoms with Gasteiger partial charge in [-0.1, -0.05) is 0 Å². The summed E-state index contributed by atoms with van der Waals surface area (Å²) < 4.78 is 0. The van der Waals surface area contributed by atoms with Crippen LogP contribution in [0, 0.1) is 0 Å². The number of nitrogens with zero attached hydrogens (tertiary/aromatic N) is 2. The van der Waals surface area contributed by atoms with Crippen molar-refractivity contribution in [2.45, 2.75) is 6.04 Å². The molecule has 3 nitrogen and oxygen atoms in total. The van der Waals surface area contributed by atoms with Crippen LogP contribution in [-0.2, 0) is 0 Å². The molecule has 2 heterocycles. The van der Waals surface area contributed by atoms with Gasteiger partial charge in [-0.25, -0.2) is 0 Å². The van der Waals surface area contributed by atoms with Gasteiger partial charge in [-0.3, -0.25) is 0 Å². The molecule has 0 saturated carbocycles. The van der Waals surface area contributed by atoms with Gasteiger partial charge in [0.1, 0.15) is 0 Å². The average molecular weight is 177 g/mol. The maximum atomic E-state index is 5.67. The zero-order valence-electron chi connectivity index (χ0n) is 8.07.